The average molecular weight is 302 g/mol. The molecule has 3 aromatic rings. The summed E-state index contributed by atoms with van der Waals surface area (Å²) in [5, 5.41) is 10.6. The van der Waals surface area contributed by atoms with Gasteiger partial charge in [0.1, 0.15) is 5.01 Å². The van der Waals surface area contributed by atoms with E-state index in [0.29, 0.717) is 0 Å². The predicted molar refractivity (Wildman–Crippen MR) is 88.8 cm³/mol. The maximum absolute atomic E-state index is 4.69. The first-order valence-electron chi connectivity index (χ1n) is 6.91. The van der Waals surface area contributed by atoms with E-state index in [9.17, 15) is 0 Å². The van der Waals surface area contributed by atoms with Gasteiger partial charge in [0.25, 0.3) is 0 Å². The number of benzene rings is 1. The van der Waals surface area contributed by atoms with E-state index in [4.69, 9.17) is 0 Å². The van der Waals surface area contributed by atoms with Crippen molar-refractivity contribution in [1.82, 2.24) is 10.3 Å². The van der Waals surface area contributed by atoms with Crippen molar-refractivity contribution in [2.75, 3.05) is 6.54 Å². The lowest BCUT2D eigenvalue weighted by Gasteiger charge is -2.15. The molecule has 104 valence electrons. The van der Waals surface area contributed by atoms with Gasteiger partial charge >= 0.3 is 0 Å². The summed E-state index contributed by atoms with van der Waals surface area (Å²) in [5.41, 5.74) is 2.46. The van der Waals surface area contributed by atoms with Gasteiger partial charge in [-0.25, -0.2) is 4.98 Å². The van der Waals surface area contributed by atoms with Gasteiger partial charge in [-0.3, -0.25) is 0 Å². The molecule has 2 heterocycles. The zero-order valence-corrected chi connectivity index (χ0v) is 13.4. The molecular weight excluding hydrogens is 284 g/mol. The number of hydrogen-bond donors (Lipinski definition) is 1. The summed E-state index contributed by atoms with van der Waals surface area (Å²) in [6.07, 6.45) is 1.13. The summed E-state index contributed by atoms with van der Waals surface area (Å²) in [6.45, 7) is 5.26. The van der Waals surface area contributed by atoms with E-state index < -0.39 is 0 Å². The Kier molecular flexibility index (Phi) is 4.15. The Morgan fingerprint density at radius 3 is 2.80 bits per heavy atom. The van der Waals surface area contributed by atoms with Gasteiger partial charge < -0.3 is 5.32 Å². The molecule has 0 saturated carbocycles. The molecule has 4 heteroatoms. The maximum atomic E-state index is 4.69. The first-order valence-corrected chi connectivity index (χ1v) is 8.67. The van der Waals surface area contributed by atoms with Crippen molar-refractivity contribution >= 4 is 32.8 Å². The fourth-order valence-corrected chi connectivity index (χ4v) is 4.22. The lowest BCUT2D eigenvalue weighted by molar-refractivity contribution is 0.599. The van der Waals surface area contributed by atoms with Gasteiger partial charge in [0, 0.05) is 15.8 Å². The topological polar surface area (TPSA) is 24.9 Å². The molecule has 20 heavy (non-hydrogen) atoms. The molecule has 0 saturated heterocycles. The van der Waals surface area contributed by atoms with Crippen molar-refractivity contribution in [3.05, 3.63) is 51.3 Å². The molecule has 0 spiro atoms. The second-order valence-electron chi connectivity index (χ2n) is 4.90. The predicted octanol–water partition coefficient (Wildman–Crippen LogP) is 4.76. The minimum atomic E-state index is 0.213. The van der Waals surface area contributed by atoms with Crippen molar-refractivity contribution in [3.63, 3.8) is 0 Å². The van der Waals surface area contributed by atoms with Gasteiger partial charge in [-0.15, -0.1) is 22.7 Å². The average Bonchev–Trinajstić information content (AvgIpc) is 3.07. The van der Waals surface area contributed by atoms with E-state index in [1.165, 1.54) is 20.7 Å². The van der Waals surface area contributed by atoms with Gasteiger partial charge in [-0.05, 0) is 42.3 Å². The third-order valence-corrected chi connectivity index (χ3v) is 5.31. The number of nitrogens with zero attached hydrogens (tertiary/aromatic N) is 1. The van der Waals surface area contributed by atoms with Crippen LogP contribution in [0.3, 0.4) is 0 Å². The van der Waals surface area contributed by atoms with E-state index in [1.54, 1.807) is 11.3 Å². The highest BCUT2D eigenvalue weighted by atomic mass is 32.1. The Labute approximate surface area is 127 Å². The minimum absolute atomic E-state index is 0.213. The summed E-state index contributed by atoms with van der Waals surface area (Å²) in [5.74, 6) is 0. The standard InChI is InChI=1S/C16H18N2S2/c1-3-8-17-15(16-18-11(2)9-20-16)13-10-19-14-7-5-4-6-12(13)14/h4-7,9-10,15,17H,3,8H2,1-2H3. The van der Waals surface area contributed by atoms with Crippen LogP contribution in [0.2, 0.25) is 0 Å². The van der Waals surface area contributed by atoms with E-state index in [2.05, 4.69) is 59.2 Å². The first kappa shape index (κ1) is 13.7. The van der Waals surface area contributed by atoms with Crippen LogP contribution >= 0.6 is 22.7 Å². The number of thiazole rings is 1. The number of hydrogen-bond acceptors (Lipinski definition) is 4. The zero-order chi connectivity index (χ0) is 13.9. The molecule has 1 aromatic carbocycles. The second-order valence-corrected chi connectivity index (χ2v) is 6.70. The van der Waals surface area contributed by atoms with Gasteiger partial charge in [0.15, 0.2) is 0 Å². The highest BCUT2D eigenvalue weighted by Gasteiger charge is 2.19. The molecule has 2 aromatic heterocycles. The first-order chi connectivity index (χ1) is 9.79. The van der Waals surface area contributed by atoms with Crippen molar-refractivity contribution in [3.8, 4) is 0 Å². The molecule has 0 aliphatic heterocycles. The highest BCUT2D eigenvalue weighted by molar-refractivity contribution is 7.17. The molecule has 1 atom stereocenters. The summed E-state index contributed by atoms with van der Waals surface area (Å²) in [6, 6.07) is 8.83. The smallest absolute Gasteiger partial charge is 0.114 e. The van der Waals surface area contributed by atoms with Gasteiger partial charge in [0.2, 0.25) is 0 Å². The van der Waals surface area contributed by atoms with Crippen LogP contribution in [0.4, 0.5) is 0 Å². The molecule has 0 aliphatic rings. The number of thiophene rings is 1. The van der Waals surface area contributed by atoms with E-state index >= 15 is 0 Å². The number of aromatic nitrogens is 1. The van der Waals surface area contributed by atoms with Crippen molar-refractivity contribution in [2.45, 2.75) is 26.3 Å². The van der Waals surface area contributed by atoms with Crippen molar-refractivity contribution in [2.24, 2.45) is 0 Å². The fraction of sp³-hybridized carbons (Fsp3) is 0.312. The van der Waals surface area contributed by atoms with Crippen LogP contribution in [-0.2, 0) is 0 Å². The van der Waals surface area contributed by atoms with E-state index in [0.717, 1.165) is 18.7 Å². The number of rotatable bonds is 5. The lowest BCUT2D eigenvalue weighted by atomic mass is 10.1. The molecular formula is C16H18N2S2. The monoisotopic (exact) mass is 302 g/mol. The summed E-state index contributed by atoms with van der Waals surface area (Å²) in [7, 11) is 0. The Morgan fingerprint density at radius 2 is 2.05 bits per heavy atom. The van der Waals surface area contributed by atoms with Crippen LogP contribution in [0.1, 0.15) is 35.7 Å². The Hall–Kier alpha value is -1.23. The lowest BCUT2D eigenvalue weighted by Crippen LogP contribution is -2.22. The van der Waals surface area contributed by atoms with E-state index in [1.807, 2.05) is 11.3 Å². The Bertz CT molecular complexity index is 699. The zero-order valence-electron chi connectivity index (χ0n) is 11.7. The molecule has 0 bridgehead atoms. The van der Waals surface area contributed by atoms with Crippen LogP contribution in [0.15, 0.2) is 35.0 Å². The third kappa shape index (κ3) is 2.64. The molecule has 1 N–H and O–H groups in total. The molecule has 3 rings (SSSR count). The molecule has 2 nitrogen and oxygen atoms in total. The summed E-state index contributed by atoms with van der Waals surface area (Å²) in [4.78, 5) is 4.69. The minimum Gasteiger partial charge on any atom is -0.304 e. The summed E-state index contributed by atoms with van der Waals surface area (Å²) < 4.78 is 1.35. The van der Waals surface area contributed by atoms with Crippen LogP contribution in [0.5, 0.6) is 0 Å². The normalized spacial score (nSPS) is 12.9. The van der Waals surface area contributed by atoms with E-state index in [-0.39, 0.29) is 6.04 Å². The molecule has 0 fully saturated rings. The number of aryl methyl sites for hydroxylation is 1. The fourth-order valence-electron chi connectivity index (χ4n) is 2.35. The molecule has 1 unspecified atom stereocenters. The quantitative estimate of drug-likeness (QED) is 0.735. The maximum Gasteiger partial charge on any atom is 0.114 e. The Balaban J connectivity index is 2.04. The molecule has 0 aliphatic carbocycles. The highest BCUT2D eigenvalue weighted by Crippen LogP contribution is 2.34. The molecule has 0 radical (unpaired) electrons. The van der Waals surface area contributed by atoms with Crippen LogP contribution in [0, 0.1) is 6.92 Å². The molecule has 0 amide bonds. The van der Waals surface area contributed by atoms with Gasteiger partial charge in [0.05, 0.1) is 6.04 Å². The Morgan fingerprint density at radius 1 is 1.20 bits per heavy atom. The van der Waals surface area contributed by atoms with Crippen LogP contribution in [-0.4, -0.2) is 11.5 Å². The van der Waals surface area contributed by atoms with Gasteiger partial charge in [-0.2, -0.15) is 0 Å². The third-order valence-electron chi connectivity index (χ3n) is 3.30. The number of fused-ring (bicyclic) bond motifs is 1. The van der Waals surface area contributed by atoms with Gasteiger partial charge in [-0.1, -0.05) is 25.1 Å². The largest absolute Gasteiger partial charge is 0.304 e. The van der Waals surface area contributed by atoms with Crippen LogP contribution < -0.4 is 5.32 Å². The second kappa shape index (κ2) is 6.04. The SMILES string of the molecule is CCCNC(c1nc(C)cs1)c1csc2ccccc12. The summed E-state index contributed by atoms with van der Waals surface area (Å²) >= 11 is 3.56. The van der Waals surface area contributed by atoms with Crippen LogP contribution in [0.25, 0.3) is 10.1 Å². The van der Waals surface area contributed by atoms with Crippen molar-refractivity contribution in [1.29, 1.82) is 0 Å². The van der Waals surface area contributed by atoms with Crippen molar-refractivity contribution < 1.29 is 0 Å². The number of nitrogens with one attached hydrogen (secondary N) is 1.